The minimum absolute atomic E-state index is 0.0893. The van der Waals surface area contributed by atoms with Gasteiger partial charge in [0.05, 0.1) is 11.0 Å². The summed E-state index contributed by atoms with van der Waals surface area (Å²) >= 11 is 0. The number of ether oxygens (including phenoxy) is 1. The van der Waals surface area contributed by atoms with E-state index in [1.54, 1.807) is 31.2 Å². The van der Waals surface area contributed by atoms with Gasteiger partial charge in [0.2, 0.25) is 11.7 Å². The highest BCUT2D eigenvalue weighted by molar-refractivity contribution is 6.01. The van der Waals surface area contributed by atoms with Gasteiger partial charge in [-0.3, -0.25) is 14.4 Å². The van der Waals surface area contributed by atoms with Crippen molar-refractivity contribution >= 4 is 23.3 Å². The smallest absolute Gasteiger partial charge is 0.312 e. The number of Topliss-reactive ketones (excluding diaryl/α,β-unsaturated/α-hetero) is 1. The summed E-state index contributed by atoms with van der Waals surface area (Å²) in [5.74, 6) is -0.0704. The number of carbonyl (C=O) groups is 3. The molecule has 1 amide bonds. The molecule has 5 atom stereocenters. The summed E-state index contributed by atoms with van der Waals surface area (Å²) in [5.41, 5.74) is -0.330. The molecule has 162 valence electrons. The Labute approximate surface area is 177 Å². The normalized spacial score (nSPS) is 32.7. The summed E-state index contributed by atoms with van der Waals surface area (Å²) in [4.78, 5) is 37.7. The maximum atomic E-state index is 13.1. The molecule has 0 heterocycles. The van der Waals surface area contributed by atoms with E-state index in [1.165, 1.54) is 0 Å². The number of hydrogen-bond donors (Lipinski definition) is 2. The van der Waals surface area contributed by atoms with Crippen LogP contribution in [0, 0.1) is 23.2 Å². The third-order valence-corrected chi connectivity index (χ3v) is 7.08. The molecular formula is C24H31NO5. The molecule has 0 aromatic heterocycles. The van der Waals surface area contributed by atoms with Crippen molar-refractivity contribution < 1.29 is 24.2 Å². The molecule has 4 saturated carbocycles. The van der Waals surface area contributed by atoms with E-state index in [2.05, 4.69) is 5.32 Å². The van der Waals surface area contributed by atoms with Crippen molar-refractivity contribution in [3.05, 3.63) is 29.8 Å². The average Bonchev–Trinajstić information content (AvgIpc) is 2.65. The van der Waals surface area contributed by atoms with Gasteiger partial charge in [0.15, 0.2) is 6.10 Å². The van der Waals surface area contributed by atoms with Gasteiger partial charge < -0.3 is 15.2 Å². The van der Waals surface area contributed by atoms with E-state index in [0.717, 1.165) is 32.1 Å². The SMILES string of the molecule is CC(C)C(=O)Nc1ccc(C(=O)[C@@H](C)OC(=O)C23C[C@@H]4C[C@@H](CC(O)(C4)C2)C3)cc1. The van der Waals surface area contributed by atoms with Crippen molar-refractivity contribution in [3.63, 3.8) is 0 Å². The molecule has 2 N–H and O–H groups in total. The van der Waals surface area contributed by atoms with E-state index in [4.69, 9.17) is 4.74 Å². The quantitative estimate of drug-likeness (QED) is 0.548. The average molecular weight is 414 g/mol. The molecule has 1 aromatic carbocycles. The second-order valence-electron chi connectivity index (χ2n) is 10.1. The van der Waals surface area contributed by atoms with Gasteiger partial charge in [0, 0.05) is 17.2 Å². The minimum Gasteiger partial charge on any atom is -0.454 e. The van der Waals surface area contributed by atoms with Crippen LogP contribution in [0.5, 0.6) is 0 Å². The van der Waals surface area contributed by atoms with Crippen molar-refractivity contribution in [2.24, 2.45) is 23.2 Å². The van der Waals surface area contributed by atoms with Crippen LogP contribution in [0.4, 0.5) is 5.69 Å². The Kier molecular flexibility index (Phi) is 5.25. The molecule has 5 rings (SSSR count). The second kappa shape index (κ2) is 7.49. The van der Waals surface area contributed by atoms with Crippen molar-refractivity contribution in [2.45, 2.75) is 71.0 Å². The molecule has 0 radical (unpaired) electrons. The minimum atomic E-state index is -0.892. The molecular weight excluding hydrogens is 382 g/mol. The van der Waals surface area contributed by atoms with Crippen molar-refractivity contribution in [3.8, 4) is 0 Å². The fraction of sp³-hybridized carbons (Fsp3) is 0.625. The van der Waals surface area contributed by atoms with Gasteiger partial charge in [0.1, 0.15) is 0 Å². The molecule has 30 heavy (non-hydrogen) atoms. The largest absolute Gasteiger partial charge is 0.454 e. The Balaban J connectivity index is 1.40. The maximum Gasteiger partial charge on any atom is 0.312 e. The summed E-state index contributed by atoms with van der Waals surface area (Å²) in [7, 11) is 0. The van der Waals surface area contributed by atoms with E-state index in [0.29, 0.717) is 29.5 Å². The van der Waals surface area contributed by atoms with Gasteiger partial charge in [-0.1, -0.05) is 13.8 Å². The topological polar surface area (TPSA) is 92.7 Å². The summed E-state index contributed by atoms with van der Waals surface area (Å²) in [6.07, 6.45) is 3.74. The lowest BCUT2D eigenvalue weighted by Gasteiger charge is -2.58. The molecule has 4 aliphatic carbocycles. The number of anilines is 1. The monoisotopic (exact) mass is 413 g/mol. The van der Waals surface area contributed by atoms with Crippen molar-refractivity contribution in [1.29, 1.82) is 0 Å². The third kappa shape index (κ3) is 3.89. The zero-order valence-corrected chi connectivity index (χ0v) is 17.9. The summed E-state index contributed by atoms with van der Waals surface area (Å²) < 4.78 is 5.65. The first-order chi connectivity index (χ1) is 14.1. The predicted molar refractivity (Wildman–Crippen MR) is 112 cm³/mol. The summed E-state index contributed by atoms with van der Waals surface area (Å²) in [5, 5.41) is 13.6. The standard InChI is InChI=1S/C24H31NO5/c1-14(2)21(27)25-19-6-4-18(5-7-19)20(26)15(3)30-22(28)23-9-16-8-17(10-23)12-24(29,11-16)13-23/h4-7,14-17,29H,8-13H2,1-3H3,(H,25,27)/t15-,16-,17+,23?,24?/m1/s1. The van der Waals surface area contributed by atoms with Crippen molar-refractivity contribution in [2.75, 3.05) is 5.32 Å². The number of hydrogen-bond acceptors (Lipinski definition) is 5. The predicted octanol–water partition coefficient (Wildman–Crippen LogP) is 3.73. The van der Waals surface area contributed by atoms with Crippen LogP contribution in [0.3, 0.4) is 0 Å². The number of nitrogens with one attached hydrogen (secondary N) is 1. The van der Waals surface area contributed by atoms with Gasteiger partial charge in [-0.2, -0.15) is 0 Å². The van der Waals surface area contributed by atoms with Gasteiger partial charge >= 0.3 is 5.97 Å². The Morgan fingerprint density at radius 2 is 1.63 bits per heavy atom. The van der Waals surface area contributed by atoms with E-state index in [1.807, 2.05) is 13.8 Å². The van der Waals surface area contributed by atoms with Gasteiger partial charge in [-0.05, 0) is 81.5 Å². The van der Waals surface area contributed by atoms with Crippen LogP contribution in [-0.2, 0) is 14.3 Å². The number of benzene rings is 1. The van der Waals surface area contributed by atoms with Gasteiger partial charge in [-0.15, -0.1) is 0 Å². The molecule has 1 aromatic rings. The number of amides is 1. The molecule has 0 aliphatic heterocycles. The first-order valence-corrected chi connectivity index (χ1v) is 11.0. The lowest BCUT2D eigenvalue weighted by molar-refractivity contribution is -0.197. The van der Waals surface area contributed by atoms with Crippen LogP contribution in [0.15, 0.2) is 24.3 Å². The summed E-state index contributed by atoms with van der Waals surface area (Å²) in [6.45, 7) is 5.22. The van der Waals surface area contributed by atoms with Crippen LogP contribution >= 0.6 is 0 Å². The zero-order valence-electron chi connectivity index (χ0n) is 17.9. The first kappa shape index (κ1) is 21.0. The number of esters is 1. The molecule has 6 heteroatoms. The van der Waals surface area contributed by atoms with Crippen LogP contribution < -0.4 is 5.32 Å². The molecule has 4 fully saturated rings. The first-order valence-electron chi connectivity index (χ1n) is 11.0. The Morgan fingerprint density at radius 1 is 1.03 bits per heavy atom. The van der Waals surface area contributed by atoms with Crippen LogP contribution in [-0.4, -0.2) is 34.5 Å². The fourth-order valence-electron chi connectivity index (χ4n) is 6.03. The number of ketones is 1. The zero-order chi connectivity index (χ0) is 21.7. The van der Waals surface area contributed by atoms with E-state index in [9.17, 15) is 19.5 Å². The summed E-state index contributed by atoms with van der Waals surface area (Å²) in [6, 6.07) is 6.62. The van der Waals surface area contributed by atoms with Crippen LogP contribution in [0.2, 0.25) is 0 Å². The highest BCUT2D eigenvalue weighted by Crippen LogP contribution is 2.62. The number of rotatable bonds is 6. The number of carbonyl (C=O) groups excluding carboxylic acids is 3. The van der Waals surface area contributed by atoms with Crippen LogP contribution in [0.25, 0.3) is 0 Å². The van der Waals surface area contributed by atoms with E-state index >= 15 is 0 Å². The van der Waals surface area contributed by atoms with E-state index in [-0.39, 0.29) is 23.6 Å². The molecule has 6 nitrogen and oxygen atoms in total. The molecule has 2 unspecified atom stereocenters. The second-order valence-corrected chi connectivity index (χ2v) is 10.1. The van der Waals surface area contributed by atoms with Gasteiger partial charge in [-0.25, -0.2) is 0 Å². The van der Waals surface area contributed by atoms with Gasteiger partial charge in [0.25, 0.3) is 0 Å². The van der Waals surface area contributed by atoms with Crippen LogP contribution in [0.1, 0.15) is 69.7 Å². The molecule has 0 saturated heterocycles. The maximum absolute atomic E-state index is 13.1. The molecule has 0 spiro atoms. The Hall–Kier alpha value is -2.21. The van der Waals surface area contributed by atoms with E-state index < -0.39 is 17.1 Å². The fourth-order valence-corrected chi connectivity index (χ4v) is 6.03. The third-order valence-electron chi connectivity index (χ3n) is 7.08. The Bertz CT molecular complexity index is 845. The lowest BCUT2D eigenvalue weighted by Crippen LogP contribution is -2.58. The molecule has 4 bridgehead atoms. The lowest BCUT2D eigenvalue weighted by atomic mass is 9.48. The molecule has 4 aliphatic rings. The highest BCUT2D eigenvalue weighted by atomic mass is 16.5. The Morgan fingerprint density at radius 3 is 2.17 bits per heavy atom. The van der Waals surface area contributed by atoms with Crippen molar-refractivity contribution in [1.82, 2.24) is 0 Å². The highest BCUT2D eigenvalue weighted by Gasteiger charge is 2.61. The number of aliphatic hydroxyl groups is 1.